The zero-order chi connectivity index (χ0) is 38.9. The molecule has 0 aliphatic carbocycles. The molecule has 0 saturated heterocycles. The highest BCUT2D eigenvalue weighted by Gasteiger charge is 2.19. The standard InChI is InChI=1S/C56H36N2O/c1-3-16-44-38(12-1)14-9-23-51(44)57(43-33-28-40(29-34-43)46-20-11-21-49-48-19-6-8-25-55(48)59-56(46)49)42-31-26-37(27-32-42)41-30-35-54-50(36-41)47-18-5-7-22-53(47)58(54)52-24-10-15-39-13-2-4-17-45(39)52/h1-36H. The molecule has 276 valence electrons. The third kappa shape index (κ3) is 5.36. The van der Waals surface area contributed by atoms with Crippen molar-refractivity contribution in [3.05, 3.63) is 218 Å². The quantitative estimate of drug-likeness (QED) is 0.169. The molecule has 0 aliphatic rings. The Hall–Kier alpha value is -7.88. The molecule has 2 heterocycles. The number of fused-ring (bicyclic) bond motifs is 8. The van der Waals surface area contributed by atoms with E-state index >= 15 is 0 Å². The highest BCUT2D eigenvalue weighted by molar-refractivity contribution is 6.12. The van der Waals surface area contributed by atoms with E-state index in [1.54, 1.807) is 0 Å². The molecule has 0 radical (unpaired) electrons. The molecule has 0 saturated carbocycles. The van der Waals surface area contributed by atoms with Crippen LogP contribution in [-0.4, -0.2) is 4.57 Å². The summed E-state index contributed by atoms with van der Waals surface area (Å²) in [5, 5.41) is 9.64. The monoisotopic (exact) mass is 752 g/mol. The second-order valence-corrected chi connectivity index (χ2v) is 15.3. The molecule has 59 heavy (non-hydrogen) atoms. The van der Waals surface area contributed by atoms with E-state index in [4.69, 9.17) is 4.42 Å². The Bertz CT molecular complexity index is 3540. The van der Waals surface area contributed by atoms with Crippen LogP contribution in [0.5, 0.6) is 0 Å². The number of para-hydroxylation sites is 3. The van der Waals surface area contributed by atoms with Crippen LogP contribution in [-0.2, 0) is 0 Å². The summed E-state index contributed by atoms with van der Waals surface area (Å²) in [5.41, 5.74) is 13.3. The largest absolute Gasteiger partial charge is 0.455 e. The summed E-state index contributed by atoms with van der Waals surface area (Å²) in [6.45, 7) is 0. The van der Waals surface area contributed by atoms with Crippen molar-refractivity contribution in [1.29, 1.82) is 0 Å². The molecular formula is C56H36N2O. The van der Waals surface area contributed by atoms with Crippen molar-refractivity contribution in [3.8, 4) is 27.9 Å². The third-order valence-corrected chi connectivity index (χ3v) is 12.0. The van der Waals surface area contributed by atoms with E-state index in [9.17, 15) is 0 Å². The van der Waals surface area contributed by atoms with Gasteiger partial charge in [0.25, 0.3) is 0 Å². The SMILES string of the molecule is c1ccc2c(N(c3ccc(-c4ccc5c(c4)c4ccccc4n5-c4cccc5ccccc45)cc3)c3ccc(-c4cccc5c4oc4ccccc45)cc3)cccc2c1. The van der Waals surface area contributed by atoms with Gasteiger partial charge in [0.15, 0.2) is 0 Å². The van der Waals surface area contributed by atoms with Gasteiger partial charge in [0.2, 0.25) is 0 Å². The number of hydrogen-bond acceptors (Lipinski definition) is 2. The van der Waals surface area contributed by atoms with E-state index in [0.717, 1.165) is 50.1 Å². The minimum absolute atomic E-state index is 0.907. The Balaban J connectivity index is 0.958. The van der Waals surface area contributed by atoms with Crippen LogP contribution < -0.4 is 4.90 Å². The second-order valence-electron chi connectivity index (χ2n) is 15.3. The highest BCUT2D eigenvalue weighted by Crippen LogP contribution is 2.42. The van der Waals surface area contributed by atoms with Crippen LogP contribution in [0.2, 0.25) is 0 Å². The summed E-state index contributed by atoms with van der Waals surface area (Å²) in [5.74, 6) is 0. The predicted molar refractivity (Wildman–Crippen MR) is 249 cm³/mol. The lowest BCUT2D eigenvalue weighted by molar-refractivity contribution is 0.670. The molecule has 0 aliphatic heterocycles. The van der Waals surface area contributed by atoms with Gasteiger partial charge in [-0.3, -0.25) is 0 Å². The van der Waals surface area contributed by atoms with Crippen molar-refractivity contribution in [2.24, 2.45) is 0 Å². The molecule has 0 atom stereocenters. The van der Waals surface area contributed by atoms with Gasteiger partial charge in [0.05, 0.1) is 22.4 Å². The lowest BCUT2D eigenvalue weighted by Gasteiger charge is -2.27. The first-order valence-corrected chi connectivity index (χ1v) is 20.2. The summed E-state index contributed by atoms with van der Waals surface area (Å²) in [6, 6.07) is 78.7. The van der Waals surface area contributed by atoms with E-state index in [-0.39, 0.29) is 0 Å². The third-order valence-electron chi connectivity index (χ3n) is 12.0. The molecule has 0 unspecified atom stereocenters. The molecule has 0 spiro atoms. The van der Waals surface area contributed by atoms with Gasteiger partial charge in [0.1, 0.15) is 11.2 Å². The fraction of sp³-hybridized carbons (Fsp3) is 0. The number of hydrogen-bond donors (Lipinski definition) is 0. The molecule has 10 aromatic carbocycles. The van der Waals surface area contributed by atoms with E-state index in [2.05, 4.69) is 216 Å². The van der Waals surface area contributed by atoms with E-state index < -0.39 is 0 Å². The van der Waals surface area contributed by atoms with Crippen LogP contribution in [0.4, 0.5) is 17.1 Å². The first-order valence-electron chi connectivity index (χ1n) is 20.2. The molecule has 12 aromatic rings. The van der Waals surface area contributed by atoms with Crippen molar-refractivity contribution in [2.45, 2.75) is 0 Å². The van der Waals surface area contributed by atoms with Crippen LogP contribution in [0.25, 0.3) is 93.2 Å². The molecule has 2 aromatic heterocycles. The minimum atomic E-state index is 0.907. The summed E-state index contributed by atoms with van der Waals surface area (Å²) < 4.78 is 8.84. The number of rotatable bonds is 6. The van der Waals surface area contributed by atoms with Crippen molar-refractivity contribution >= 4 is 82.4 Å². The van der Waals surface area contributed by atoms with Crippen LogP contribution in [0, 0.1) is 0 Å². The predicted octanol–water partition coefficient (Wildman–Crippen LogP) is 15.8. The topological polar surface area (TPSA) is 21.3 Å². The van der Waals surface area contributed by atoms with Crippen LogP contribution in [0.15, 0.2) is 223 Å². The summed E-state index contributed by atoms with van der Waals surface area (Å²) >= 11 is 0. The Kier molecular flexibility index (Phi) is 7.54. The summed E-state index contributed by atoms with van der Waals surface area (Å²) in [6.07, 6.45) is 0. The molecule has 0 N–H and O–H groups in total. The maximum absolute atomic E-state index is 6.42. The lowest BCUT2D eigenvalue weighted by atomic mass is 10.0. The molecule has 3 nitrogen and oxygen atoms in total. The van der Waals surface area contributed by atoms with Gasteiger partial charge in [-0.1, -0.05) is 158 Å². The Labute approximate surface area is 341 Å². The van der Waals surface area contributed by atoms with Gasteiger partial charge in [-0.05, 0) is 88.1 Å². The van der Waals surface area contributed by atoms with Crippen molar-refractivity contribution in [1.82, 2.24) is 4.57 Å². The summed E-state index contributed by atoms with van der Waals surface area (Å²) in [4.78, 5) is 2.37. The average molecular weight is 753 g/mol. The maximum atomic E-state index is 6.42. The van der Waals surface area contributed by atoms with E-state index in [0.29, 0.717) is 0 Å². The molecule has 3 heteroatoms. The van der Waals surface area contributed by atoms with Crippen molar-refractivity contribution < 1.29 is 4.42 Å². The first-order chi connectivity index (χ1) is 29.3. The number of nitrogens with zero attached hydrogens (tertiary/aromatic N) is 2. The zero-order valence-electron chi connectivity index (χ0n) is 32.1. The first kappa shape index (κ1) is 33.3. The second kappa shape index (κ2) is 13.4. The number of anilines is 3. The van der Waals surface area contributed by atoms with Crippen LogP contribution >= 0.6 is 0 Å². The van der Waals surface area contributed by atoms with Gasteiger partial charge in [-0.25, -0.2) is 0 Å². The Morgan fingerprint density at radius 3 is 1.71 bits per heavy atom. The van der Waals surface area contributed by atoms with Crippen LogP contribution in [0.1, 0.15) is 0 Å². The van der Waals surface area contributed by atoms with E-state index in [1.165, 1.54) is 60.2 Å². The van der Waals surface area contributed by atoms with Gasteiger partial charge >= 0.3 is 0 Å². The van der Waals surface area contributed by atoms with Gasteiger partial charge < -0.3 is 13.9 Å². The molecule has 12 rings (SSSR count). The van der Waals surface area contributed by atoms with Gasteiger partial charge in [0, 0.05) is 49.3 Å². The molecular weight excluding hydrogens is 717 g/mol. The fourth-order valence-corrected chi connectivity index (χ4v) is 9.21. The average Bonchev–Trinajstić information content (AvgIpc) is 3.85. The van der Waals surface area contributed by atoms with Gasteiger partial charge in [-0.2, -0.15) is 0 Å². The minimum Gasteiger partial charge on any atom is -0.455 e. The number of benzene rings is 10. The van der Waals surface area contributed by atoms with Crippen molar-refractivity contribution in [3.63, 3.8) is 0 Å². The molecule has 0 bridgehead atoms. The van der Waals surface area contributed by atoms with Crippen LogP contribution in [0.3, 0.4) is 0 Å². The zero-order valence-corrected chi connectivity index (χ0v) is 32.1. The van der Waals surface area contributed by atoms with Crippen molar-refractivity contribution in [2.75, 3.05) is 4.90 Å². The smallest absolute Gasteiger partial charge is 0.143 e. The highest BCUT2D eigenvalue weighted by atomic mass is 16.3. The fourth-order valence-electron chi connectivity index (χ4n) is 9.21. The summed E-state index contributed by atoms with van der Waals surface area (Å²) in [7, 11) is 0. The van der Waals surface area contributed by atoms with Gasteiger partial charge in [-0.15, -0.1) is 0 Å². The van der Waals surface area contributed by atoms with E-state index in [1.807, 2.05) is 12.1 Å². The lowest BCUT2D eigenvalue weighted by Crippen LogP contribution is -2.10. The number of aromatic nitrogens is 1. The number of furan rings is 1. The molecule has 0 amide bonds. The normalized spacial score (nSPS) is 11.7. The molecule has 0 fully saturated rings. The Morgan fingerprint density at radius 1 is 0.356 bits per heavy atom. The maximum Gasteiger partial charge on any atom is 0.143 e. The Morgan fingerprint density at radius 2 is 0.915 bits per heavy atom.